The summed E-state index contributed by atoms with van der Waals surface area (Å²) in [5.41, 5.74) is 0.567. The van der Waals surface area contributed by atoms with Gasteiger partial charge in [0.25, 0.3) is 0 Å². The Morgan fingerprint density at radius 2 is 1.59 bits per heavy atom. The number of aromatic hydroxyl groups is 1. The second kappa shape index (κ2) is 5.74. The molecule has 96 valence electrons. The molecule has 3 heteroatoms. The molecule has 1 aromatic rings. The number of phenols is 1. The van der Waals surface area contributed by atoms with Crippen molar-refractivity contribution in [3.8, 4) is 5.75 Å². The van der Waals surface area contributed by atoms with Gasteiger partial charge in [-0.1, -0.05) is 38.3 Å². The van der Waals surface area contributed by atoms with Crippen LogP contribution in [0.2, 0.25) is 0 Å². The number of halogens is 1. The third-order valence-corrected chi connectivity index (χ3v) is 3.92. The first-order valence-corrected chi connectivity index (χ1v) is 6.13. The van der Waals surface area contributed by atoms with Crippen LogP contribution in [0.5, 0.6) is 5.75 Å². The Morgan fingerprint density at radius 3 is 2.12 bits per heavy atom. The molecule has 1 saturated carbocycles. The van der Waals surface area contributed by atoms with Gasteiger partial charge in [-0.2, -0.15) is 0 Å². The van der Waals surface area contributed by atoms with Crippen LogP contribution in [-0.4, -0.2) is 15.8 Å². The van der Waals surface area contributed by atoms with Crippen LogP contribution in [0.1, 0.15) is 50.5 Å². The lowest BCUT2D eigenvalue weighted by atomic mass is 9.74. The highest BCUT2D eigenvalue weighted by molar-refractivity contribution is 5.85. The highest BCUT2D eigenvalue weighted by atomic mass is 35.5. The van der Waals surface area contributed by atoms with Crippen molar-refractivity contribution in [2.24, 2.45) is 0 Å². The van der Waals surface area contributed by atoms with Crippen LogP contribution >= 0.6 is 12.4 Å². The minimum atomic E-state index is -0.546. The van der Waals surface area contributed by atoms with Crippen molar-refractivity contribution in [3.05, 3.63) is 29.8 Å². The lowest BCUT2D eigenvalue weighted by molar-refractivity contribution is -0.0168. The molecule has 2 N–H and O–H groups in total. The molecule has 1 atom stereocenters. The van der Waals surface area contributed by atoms with Crippen molar-refractivity contribution in [3.63, 3.8) is 0 Å². The van der Waals surface area contributed by atoms with Gasteiger partial charge in [0.05, 0.1) is 5.60 Å². The van der Waals surface area contributed by atoms with Crippen LogP contribution in [0, 0.1) is 0 Å². The summed E-state index contributed by atoms with van der Waals surface area (Å²) in [5.74, 6) is 0.431. The molecular formula is C14H21ClO2. The monoisotopic (exact) mass is 256 g/mol. The van der Waals surface area contributed by atoms with Gasteiger partial charge in [-0.15, -0.1) is 12.4 Å². The summed E-state index contributed by atoms with van der Waals surface area (Å²) >= 11 is 0. The van der Waals surface area contributed by atoms with E-state index >= 15 is 0 Å². The molecule has 0 aliphatic heterocycles. The fraction of sp³-hybridized carbons (Fsp3) is 0.571. The average Bonchev–Trinajstić information content (AvgIpc) is 2.30. The number of hydrogen-bond donors (Lipinski definition) is 2. The van der Waals surface area contributed by atoms with Crippen molar-refractivity contribution in [2.45, 2.75) is 50.5 Å². The van der Waals surface area contributed by atoms with Crippen molar-refractivity contribution < 1.29 is 10.2 Å². The van der Waals surface area contributed by atoms with Crippen LogP contribution in [0.4, 0.5) is 0 Å². The van der Waals surface area contributed by atoms with Crippen LogP contribution in [0.15, 0.2) is 24.3 Å². The Morgan fingerprint density at radius 1 is 1.06 bits per heavy atom. The number of rotatable bonds is 2. The zero-order chi connectivity index (χ0) is 11.6. The molecule has 1 unspecified atom stereocenters. The van der Waals surface area contributed by atoms with Gasteiger partial charge in [-0.3, -0.25) is 0 Å². The maximum absolute atomic E-state index is 10.6. The van der Waals surface area contributed by atoms with Crippen molar-refractivity contribution in [1.29, 1.82) is 0 Å². The lowest BCUT2D eigenvalue weighted by Crippen LogP contribution is -2.36. The molecule has 1 aliphatic rings. The molecule has 0 radical (unpaired) electrons. The van der Waals surface area contributed by atoms with Crippen molar-refractivity contribution in [2.75, 3.05) is 0 Å². The van der Waals surface area contributed by atoms with E-state index in [1.807, 2.05) is 12.1 Å². The lowest BCUT2D eigenvalue weighted by Gasteiger charge is -2.37. The zero-order valence-corrected chi connectivity index (χ0v) is 11.0. The molecule has 0 bridgehead atoms. The van der Waals surface area contributed by atoms with Gasteiger partial charge in [-0.25, -0.2) is 0 Å². The van der Waals surface area contributed by atoms with E-state index in [-0.39, 0.29) is 24.1 Å². The molecule has 0 amide bonds. The highest BCUT2D eigenvalue weighted by Crippen LogP contribution is 2.39. The molecule has 0 spiro atoms. The quantitative estimate of drug-likeness (QED) is 0.849. The zero-order valence-electron chi connectivity index (χ0n) is 10.2. The van der Waals surface area contributed by atoms with E-state index in [0.29, 0.717) is 0 Å². The van der Waals surface area contributed by atoms with Crippen LogP contribution < -0.4 is 0 Å². The second-order valence-electron chi connectivity index (χ2n) is 4.98. The van der Waals surface area contributed by atoms with Gasteiger partial charge in [-0.05, 0) is 30.5 Å². The Bertz CT molecular complexity index is 342. The summed E-state index contributed by atoms with van der Waals surface area (Å²) in [4.78, 5) is 0. The third-order valence-electron chi connectivity index (χ3n) is 3.92. The molecule has 2 rings (SSSR count). The van der Waals surface area contributed by atoms with E-state index in [1.54, 1.807) is 12.1 Å². The Balaban J connectivity index is 0.00000144. The normalized spacial score (nSPS) is 20.4. The van der Waals surface area contributed by atoms with Gasteiger partial charge in [0, 0.05) is 5.92 Å². The highest BCUT2D eigenvalue weighted by Gasteiger charge is 2.35. The predicted octanol–water partition coefficient (Wildman–Crippen LogP) is 3.61. The molecule has 0 heterocycles. The minimum absolute atomic E-state index is 0. The smallest absolute Gasteiger partial charge is 0.115 e. The molecule has 1 aliphatic carbocycles. The minimum Gasteiger partial charge on any atom is -0.508 e. The topological polar surface area (TPSA) is 40.5 Å². The standard InChI is InChI=1S/C14H20O2.ClH/c1-11(12-5-7-13(15)8-6-12)14(16)9-3-2-4-10-14;/h5-8,11,15-16H,2-4,9-10H2,1H3;1H. The Kier molecular flexibility index (Phi) is 4.84. The maximum atomic E-state index is 10.6. The molecule has 0 saturated heterocycles. The van der Waals surface area contributed by atoms with E-state index in [2.05, 4.69) is 6.92 Å². The maximum Gasteiger partial charge on any atom is 0.115 e. The molecule has 0 aromatic heterocycles. The van der Waals surface area contributed by atoms with E-state index in [1.165, 1.54) is 6.42 Å². The van der Waals surface area contributed by atoms with Crippen molar-refractivity contribution in [1.82, 2.24) is 0 Å². The van der Waals surface area contributed by atoms with E-state index in [0.717, 1.165) is 31.2 Å². The molecule has 1 fully saturated rings. The molecular weight excluding hydrogens is 236 g/mol. The molecule has 17 heavy (non-hydrogen) atoms. The van der Waals surface area contributed by atoms with Gasteiger partial charge in [0.1, 0.15) is 5.75 Å². The van der Waals surface area contributed by atoms with Crippen molar-refractivity contribution >= 4 is 12.4 Å². The fourth-order valence-electron chi connectivity index (χ4n) is 2.67. The van der Waals surface area contributed by atoms with Gasteiger partial charge in [0.15, 0.2) is 0 Å². The number of aliphatic hydroxyl groups is 1. The van der Waals surface area contributed by atoms with Gasteiger partial charge >= 0.3 is 0 Å². The SMILES string of the molecule is CC(c1ccc(O)cc1)C1(O)CCCCC1.Cl. The summed E-state index contributed by atoms with van der Waals surface area (Å²) in [6.45, 7) is 2.08. The molecule has 1 aromatic carbocycles. The predicted molar refractivity (Wildman–Crippen MR) is 71.8 cm³/mol. The first-order valence-electron chi connectivity index (χ1n) is 6.13. The van der Waals surface area contributed by atoms with Crippen LogP contribution in [0.25, 0.3) is 0 Å². The number of hydrogen-bond acceptors (Lipinski definition) is 2. The van der Waals surface area contributed by atoms with E-state index < -0.39 is 5.60 Å². The fourth-order valence-corrected chi connectivity index (χ4v) is 2.67. The first-order chi connectivity index (χ1) is 7.62. The average molecular weight is 257 g/mol. The van der Waals surface area contributed by atoms with Gasteiger partial charge < -0.3 is 10.2 Å². The Labute approximate surface area is 109 Å². The largest absolute Gasteiger partial charge is 0.508 e. The second-order valence-corrected chi connectivity index (χ2v) is 4.98. The Hall–Kier alpha value is -0.730. The van der Waals surface area contributed by atoms with E-state index in [4.69, 9.17) is 0 Å². The van der Waals surface area contributed by atoms with Gasteiger partial charge in [0.2, 0.25) is 0 Å². The number of phenolic OH excluding ortho intramolecular Hbond substituents is 1. The summed E-state index contributed by atoms with van der Waals surface area (Å²) in [7, 11) is 0. The van der Waals surface area contributed by atoms with Crippen LogP contribution in [0.3, 0.4) is 0 Å². The summed E-state index contributed by atoms with van der Waals surface area (Å²) < 4.78 is 0. The van der Waals surface area contributed by atoms with E-state index in [9.17, 15) is 10.2 Å². The summed E-state index contributed by atoms with van der Waals surface area (Å²) in [5, 5.41) is 19.9. The summed E-state index contributed by atoms with van der Waals surface area (Å²) in [6, 6.07) is 7.20. The molecule has 2 nitrogen and oxygen atoms in total. The van der Waals surface area contributed by atoms with Crippen LogP contribution in [-0.2, 0) is 0 Å². The summed E-state index contributed by atoms with van der Waals surface area (Å²) in [6.07, 6.45) is 5.28. The third kappa shape index (κ3) is 3.14. The number of benzene rings is 1. The first kappa shape index (κ1) is 14.3.